The Balaban J connectivity index is 0.00000312. The fourth-order valence-corrected chi connectivity index (χ4v) is 3.36. The maximum atomic E-state index is 4.73. The number of nitrogens with zero attached hydrogens (tertiary/aromatic N) is 5. The van der Waals surface area contributed by atoms with Gasteiger partial charge in [-0.2, -0.15) is 5.10 Å². The van der Waals surface area contributed by atoms with E-state index in [0.717, 1.165) is 36.0 Å². The molecule has 0 fully saturated rings. The Labute approximate surface area is 171 Å². The highest BCUT2D eigenvalue weighted by Gasteiger charge is 2.17. The standard InChI is InChI=1S/C17H28N6S.HI/c1-17(2,3)14-12-24-15(21-14)7-8-19-16(18-4)22(5)10-13-9-20-23(6)11-13;/h9,11-12H,7-8,10H2,1-6H3,(H,18,19);1H. The molecule has 2 aromatic rings. The van der Waals surface area contributed by atoms with Crippen molar-refractivity contribution in [1.82, 2.24) is 25.0 Å². The minimum atomic E-state index is 0. The van der Waals surface area contributed by atoms with E-state index in [2.05, 4.69) is 46.5 Å². The van der Waals surface area contributed by atoms with E-state index >= 15 is 0 Å². The van der Waals surface area contributed by atoms with Crippen molar-refractivity contribution in [3.05, 3.63) is 34.0 Å². The summed E-state index contributed by atoms with van der Waals surface area (Å²) in [6.45, 7) is 8.18. The van der Waals surface area contributed by atoms with Crippen LogP contribution in [-0.2, 0) is 25.4 Å². The van der Waals surface area contributed by atoms with Gasteiger partial charge in [-0.25, -0.2) is 4.98 Å². The Morgan fingerprint density at radius 2 is 2.12 bits per heavy atom. The maximum Gasteiger partial charge on any atom is 0.193 e. The first-order valence-corrected chi connectivity index (χ1v) is 9.01. The van der Waals surface area contributed by atoms with Gasteiger partial charge in [-0.1, -0.05) is 20.8 Å². The summed E-state index contributed by atoms with van der Waals surface area (Å²) in [6.07, 6.45) is 4.81. The summed E-state index contributed by atoms with van der Waals surface area (Å²) in [4.78, 5) is 11.2. The first kappa shape index (κ1) is 21.9. The number of guanidine groups is 1. The van der Waals surface area contributed by atoms with Crippen LogP contribution in [0.4, 0.5) is 0 Å². The van der Waals surface area contributed by atoms with Crippen molar-refractivity contribution in [2.24, 2.45) is 12.0 Å². The fourth-order valence-electron chi connectivity index (χ4n) is 2.34. The Morgan fingerprint density at radius 1 is 1.40 bits per heavy atom. The zero-order chi connectivity index (χ0) is 17.7. The monoisotopic (exact) mass is 476 g/mol. The molecule has 0 saturated carbocycles. The van der Waals surface area contributed by atoms with E-state index in [1.54, 1.807) is 11.3 Å². The molecule has 25 heavy (non-hydrogen) atoms. The molecule has 0 aliphatic heterocycles. The molecule has 0 unspecified atom stereocenters. The summed E-state index contributed by atoms with van der Waals surface area (Å²) >= 11 is 1.73. The molecule has 0 aliphatic rings. The highest BCUT2D eigenvalue weighted by molar-refractivity contribution is 14.0. The van der Waals surface area contributed by atoms with Gasteiger partial charge in [0.15, 0.2) is 5.96 Å². The number of rotatable bonds is 5. The van der Waals surface area contributed by atoms with Crippen LogP contribution in [0.5, 0.6) is 0 Å². The van der Waals surface area contributed by atoms with Crippen LogP contribution in [0.15, 0.2) is 22.8 Å². The molecular weight excluding hydrogens is 447 g/mol. The van der Waals surface area contributed by atoms with Crippen LogP contribution < -0.4 is 5.32 Å². The summed E-state index contributed by atoms with van der Waals surface area (Å²) in [5.74, 6) is 0.881. The third-order valence-electron chi connectivity index (χ3n) is 3.69. The van der Waals surface area contributed by atoms with Crippen molar-refractivity contribution < 1.29 is 0 Å². The lowest BCUT2D eigenvalue weighted by atomic mass is 9.93. The molecule has 0 bridgehead atoms. The Bertz CT molecular complexity index is 685. The van der Waals surface area contributed by atoms with E-state index in [1.165, 1.54) is 5.69 Å². The second-order valence-corrected chi connectivity index (χ2v) is 7.92. The highest BCUT2D eigenvalue weighted by Crippen LogP contribution is 2.23. The SMILES string of the molecule is CN=C(NCCc1nc(C(C)(C)C)cs1)N(C)Cc1cnn(C)c1.I. The van der Waals surface area contributed by atoms with Crippen molar-refractivity contribution >= 4 is 41.3 Å². The van der Waals surface area contributed by atoms with Crippen molar-refractivity contribution in [2.75, 3.05) is 20.6 Å². The molecule has 0 atom stereocenters. The lowest BCUT2D eigenvalue weighted by Gasteiger charge is -2.21. The van der Waals surface area contributed by atoms with E-state index in [0.29, 0.717) is 0 Å². The zero-order valence-corrected chi connectivity index (χ0v) is 19.1. The predicted octanol–water partition coefficient (Wildman–Crippen LogP) is 3.04. The normalized spacial score (nSPS) is 12.0. The number of nitrogens with one attached hydrogen (secondary N) is 1. The number of hydrogen-bond donors (Lipinski definition) is 1. The second-order valence-electron chi connectivity index (χ2n) is 6.98. The first-order chi connectivity index (χ1) is 11.3. The molecule has 2 aromatic heterocycles. The van der Waals surface area contributed by atoms with Crippen LogP contribution in [0, 0.1) is 0 Å². The van der Waals surface area contributed by atoms with Gasteiger partial charge in [0.2, 0.25) is 0 Å². The average molecular weight is 476 g/mol. The van der Waals surface area contributed by atoms with Gasteiger partial charge in [0.1, 0.15) is 0 Å². The molecule has 0 aliphatic carbocycles. The molecule has 0 aromatic carbocycles. The molecule has 0 radical (unpaired) electrons. The summed E-state index contributed by atoms with van der Waals surface area (Å²) < 4.78 is 1.81. The van der Waals surface area contributed by atoms with Crippen LogP contribution in [-0.4, -0.2) is 46.3 Å². The van der Waals surface area contributed by atoms with Gasteiger partial charge < -0.3 is 10.2 Å². The van der Waals surface area contributed by atoms with Gasteiger partial charge in [-0.05, 0) is 0 Å². The molecule has 140 valence electrons. The summed E-state index contributed by atoms with van der Waals surface area (Å²) in [5, 5.41) is 10.9. The fraction of sp³-hybridized carbons (Fsp3) is 0.588. The van der Waals surface area contributed by atoms with E-state index in [1.807, 2.05) is 38.2 Å². The van der Waals surface area contributed by atoms with Crippen molar-refractivity contribution in [1.29, 1.82) is 0 Å². The van der Waals surface area contributed by atoms with Gasteiger partial charge in [0.25, 0.3) is 0 Å². The number of aliphatic imine (C=N–C) groups is 1. The van der Waals surface area contributed by atoms with E-state index in [-0.39, 0.29) is 29.4 Å². The number of thiazole rings is 1. The molecule has 0 amide bonds. The summed E-state index contributed by atoms with van der Waals surface area (Å²) in [5.41, 5.74) is 2.44. The van der Waals surface area contributed by atoms with Crippen LogP contribution in [0.2, 0.25) is 0 Å². The topological polar surface area (TPSA) is 58.3 Å². The smallest absolute Gasteiger partial charge is 0.193 e. The van der Waals surface area contributed by atoms with E-state index in [4.69, 9.17) is 4.98 Å². The number of halogens is 1. The molecule has 2 heterocycles. The third-order valence-corrected chi connectivity index (χ3v) is 4.60. The third kappa shape index (κ3) is 6.58. The Hall–Kier alpha value is -1.16. The van der Waals surface area contributed by atoms with Crippen LogP contribution in [0.1, 0.15) is 37.0 Å². The van der Waals surface area contributed by atoms with Crippen molar-refractivity contribution in [3.8, 4) is 0 Å². The van der Waals surface area contributed by atoms with Gasteiger partial charge in [0, 0.05) is 63.2 Å². The molecule has 2 rings (SSSR count). The largest absolute Gasteiger partial charge is 0.356 e. The van der Waals surface area contributed by atoms with Gasteiger partial charge in [-0.3, -0.25) is 9.67 Å². The lowest BCUT2D eigenvalue weighted by Crippen LogP contribution is -2.39. The lowest BCUT2D eigenvalue weighted by molar-refractivity contribution is 0.477. The van der Waals surface area contributed by atoms with E-state index < -0.39 is 0 Å². The predicted molar refractivity (Wildman–Crippen MR) is 116 cm³/mol. The summed E-state index contributed by atoms with van der Waals surface area (Å²) in [6, 6.07) is 0. The molecule has 6 nitrogen and oxygen atoms in total. The molecule has 0 saturated heterocycles. The maximum absolute atomic E-state index is 4.73. The number of aryl methyl sites for hydroxylation is 1. The second kappa shape index (κ2) is 9.51. The van der Waals surface area contributed by atoms with Crippen LogP contribution in [0.25, 0.3) is 0 Å². The van der Waals surface area contributed by atoms with E-state index in [9.17, 15) is 0 Å². The quantitative estimate of drug-likeness (QED) is 0.410. The van der Waals surface area contributed by atoms with Gasteiger partial charge in [0.05, 0.1) is 16.9 Å². The van der Waals surface area contributed by atoms with Crippen LogP contribution >= 0.6 is 35.3 Å². The zero-order valence-electron chi connectivity index (χ0n) is 15.9. The van der Waals surface area contributed by atoms with Crippen molar-refractivity contribution in [3.63, 3.8) is 0 Å². The number of aromatic nitrogens is 3. The minimum Gasteiger partial charge on any atom is -0.356 e. The van der Waals surface area contributed by atoms with Crippen LogP contribution in [0.3, 0.4) is 0 Å². The van der Waals surface area contributed by atoms with Gasteiger partial charge in [-0.15, -0.1) is 35.3 Å². The molecule has 0 spiro atoms. The first-order valence-electron chi connectivity index (χ1n) is 8.14. The Kier molecular flexibility index (Phi) is 8.33. The molecule has 1 N–H and O–H groups in total. The highest BCUT2D eigenvalue weighted by atomic mass is 127. The number of hydrogen-bond acceptors (Lipinski definition) is 4. The van der Waals surface area contributed by atoms with Gasteiger partial charge >= 0.3 is 0 Å². The minimum absolute atomic E-state index is 0. The summed E-state index contributed by atoms with van der Waals surface area (Å²) in [7, 11) is 5.77. The molecule has 8 heteroatoms. The Morgan fingerprint density at radius 3 is 2.64 bits per heavy atom. The molecular formula is C17H29IN6S. The average Bonchev–Trinajstić information content (AvgIpc) is 3.12. The van der Waals surface area contributed by atoms with Crippen molar-refractivity contribution in [2.45, 2.75) is 39.2 Å².